The van der Waals surface area contributed by atoms with Crippen molar-refractivity contribution < 1.29 is 4.79 Å². The van der Waals surface area contributed by atoms with Crippen LogP contribution in [0.25, 0.3) is 0 Å². The summed E-state index contributed by atoms with van der Waals surface area (Å²) in [7, 11) is 0. The fourth-order valence-electron chi connectivity index (χ4n) is 3.39. The van der Waals surface area contributed by atoms with E-state index in [1.807, 2.05) is 31.2 Å². The van der Waals surface area contributed by atoms with Gasteiger partial charge in [-0.3, -0.25) is 4.79 Å². The number of aromatic nitrogens is 3. The number of carbonyl (C=O) groups excluding carboxylic acids is 1. The number of rotatable bonds is 1. The second-order valence-electron chi connectivity index (χ2n) is 5.87. The molecule has 3 atom stereocenters. The second-order valence-corrected chi connectivity index (χ2v) is 6.27. The first-order valence-electron chi connectivity index (χ1n) is 7.30. The molecule has 0 fully saturated rings. The molecule has 2 heterocycles. The van der Waals surface area contributed by atoms with E-state index in [9.17, 15) is 4.79 Å². The first-order chi connectivity index (χ1) is 10.6. The van der Waals surface area contributed by atoms with E-state index < -0.39 is 0 Å². The molecule has 5 nitrogen and oxygen atoms in total. The van der Waals surface area contributed by atoms with Crippen molar-refractivity contribution in [3.05, 3.63) is 53.0 Å². The number of allylic oxidation sites excluding steroid dienone is 2. The Hall–Kier alpha value is -2.14. The molecule has 0 bridgehead atoms. The van der Waals surface area contributed by atoms with Crippen molar-refractivity contribution in [2.45, 2.75) is 19.4 Å². The summed E-state index contributed by atoms with van der Waals surface area (Å²) in [6.45, 7) is 2.05. The summed E-state index contributed by atoms with van der Waals surface area (Å²) in [5.41, 5.74) is 1.81. The largest absolute Gasteiger partial charge is 0.328 e. The van der Waals surface area contributed by atoms with Gasteiger partial charge in [0, 0.05) is 17.1 Å². The van der Waals surface area contributed by atoms with Gasteiger partial charge in [0.25, 0.3) is 0 Å². The molecule has 4 rings (SSSR count). The smallest absolute Gasteiger partial charge is 0.226 e. The van der Waals surface area contributed by atoms with Crippen molar-refractivity contribution in [3.8, 4) is 0 Å². The predicted molar refractivity (Wildman–Crippen MR) is 83.6 cm³/mol. The maximum Gasteiger partial charge on any atom is 0.226 e. The molecule has 2 aliphatic rings. The molecule has 0 radical (unpaired) electrons. The second kappa shape index (κ2) is 4.95. The van der Waals surface area contributed by atoms with Gasteiger partial charge in [0.2, 0.25) is 5.95 Å². The van der Waals surface area contributed by atoms with Crippen LogP contribution in [0.3, 0.4) is 0 Å². The summed E-state index contributed by atoms with van der Waals surface area (Å²) >= 11 is 6.39. The van der Waals surface area contributed by atoms with Gasteiger partial charge >= 0.3 is 0 Å². The van der Waals surface area contributed by atoms with Crippen LogP contribution in [-0.4, -0.2) is 20.5 Å². The quantitative estimate of drug-likeness (QED) is 0.879. The van der Waals surface area contributed by atoms with Crippen LogP contribution in [-0.2, 0) is 4.79 Å². The molecule has 0 spiro atoms. The summed E-state index contributed by atoms with van der Waals surface area (Å²) in [4.78, 5) is 16.9. The molecule has 112 valence electrons. The third-order valence-electron chi connectivity index (χ3n) is 4.30. The lowest BCUT2D eigenvalue weighted by atomic mass is 9.78. The Labute approximate surface area is 133 Å². The number of nitrogens with zero attached hydrogens (tertiary/aromatic N) is 3. The van der Waals surface area contributed by atoms with Gasteiger partial charge in [-0.05, 0) is 17.5 Å². The number of fused-ring (bicyclic) bond motifs is 2. The fraction of sp³-hybridized carbons (Fsp3) is 0.312. The van der Waals surface area contributed by atoms with Crippen molar-refractivity contribution in [3.63, 3.8) is 0 Å². The van der Waals surface area contributed by atoms with E-state index in [1.165, 1.54) is 6.33 Å². The lowest BCUT2D eigenvalue weighted by Gasteiger charge is -2.37. The maximum atomic E-state index is 12.7. The SMILES string of the molecule is C[C@@H]1C=C2Nc3ncnn3[C@@H](c3ccccc3Cl)[C@@H]2C(=O)C1. The van der Waals surface area contributed by atoms with E-state index in [0.29, 0.717) is 17.4 Å². The van der Waals surface area contributed by atoms with Gasteiger partial charge < -0.3 is 5.32 Å². The molecule has 1 N–H and O–H groups in total. The summed E-state index contributed by atoms with van der Waals surface area (Å²) in [6.07, 6.45) is 4.16. The lowest BCUT2D eigenvalue weighted by Crippen LogP contribution is -2.40. The molecular formula is C16H15ClN4O. The van der Waals surface area contributed by atoms with E-state index >= 15 is 0 Å². The van der Waals surface area contributed by atoms with Crippen LogP contribution in [0.15, 0.2) is 42.4 Å². The molecule has 0 saturated carbocycles. The van der Waals surface area contributed by atoms with Crippen molar-refractivity contribution in [1.82, 2.24) is 14.8 Å². The molecule has 1 aliphatic heterocycles. The average molecular weight is 315 g/mol. The van der Waals surface area contributed by atoms with Gasteiger partial charge in [0.05, 0.1) is 12.0 Å². The molecule has 1 aliphatic carbocycles. The van der Waals surface area contributed by atoms with Crippen LogP contribution in [0.5, 0.6) is 0 Å². The van der Waals surface area contributed by atoms with Gasteiger partial charge in [-0.2, -0.15) is 10.1 Å². The third kappa shape index (κ3) is 1.96. The highest BCUT2D eigenvalue weighted by Crippen LogP contribution is 2.43. The number of nitrogens with one attached hydrogen (secondary N) is 1. The molecule has 0 amide bonds. The Morgan fingerprint density at radius 3 is 3.00 bits per heavy atom. The number of anilines is 1. The normalized spacial score (nSPS) is 26.7. The van der Waals surface area contributed by atoms with Crippen LogP contribution in [0.1, 0.15) is 24.9 Å². The minimum Gasteiger partial charge on any atom is -0.328 e. The molecule has 22 heavy (non-hydrogen) atoms. The van der Waals surface area contributed by atoms with E-state index in [2.05, 4.69) is 21.5 Å². The molecule has 1 aromatic heterocycles. The van der Waals surface area contributed by atoms with Crippen molar-refractivity contribution >= 4 is 23.3 Å². The van der Waals surface area contributed by atoms with Gasteiger partial charge in [-0.25, -0.2) is 4.68 Å². The standard InChI is InChI=1S/C16H15ClN4O/c1-9-6-12-14(13(22)7-9)15(10-4-2-3-5-11(10)17)21-16(20-12)18-8-19-21/h2-6,8-9,14-15H,7H2,1H3,(H,18,19,20)/t9-,14+,15+/m1/s1. The fourth-order valence-corrected chi connectivity index (χ4v) is 3.64. The van der Waals surface area contributed by atoms with E-state index in [-0.39, 0.29) is 23.7 Å². The summed E-state index contributed by atoms with van der Waals surface area (Å²) in [5.74, 6) is 0.802. The zero-order valence-electron chi connectivity index (χ0n) is 12.0. The zero-order valence-corrected chi connectivity index (χ0v) is 12.8. The van der Waals surface area contributed by atoms with Crippen LogP contribution in [0.2, 0.25) is 5.02 Å². The number of benzene rings is 1. The lowest BCUT2D eigenvalue weighted by molar-refractivity contribution is -0.123. The highest BCUT2D eigenvalue weighted by atomic mass is 35.5. The van der Waals surface area contributed by atoms with Crippen molar-refractivity contribution in [2.24, 2.45) is 11.8 Å². The molecular weight excluding hydrogens is 300 g/mol. The number of halogens is 1. The van der Waals surface area contributed by atoms with Crippen LogP contribution < -0.4 is 5.32 Å². The summed E-state index contributed by atoms with van der Waals surface area (Å²) in [5, 5.41) is 8.19. The van der Waals surface area contributed by atoms with E-state index in [1.54, 1.807) is 4.68 Å². The van der Waals surface area contributed by atoms with Crippen molar-refractivity contribution in [1.29, 1.82) is 0 Å². The Kier molecular flexibility index (Phi) is 3.04. The summed E-state index contributed by atoms with van der Waals surface area (Å²) in [6, 6.07) is 7.36. The van der Waals surface area contributed by atoms with Gasteiger partial charge in [-0.1, -0.05) is 42.8 Å². The highest BCUT2D eigenvalue weighted by molar-refractivity contribution is 6.31. The minimum absolute atomic E-state index is 0.212. The Morgan fingerprint density at radius 2 is 2.18 bits per heavy atom. The molecule has 0 unspecified atom stereocenters. The first-order valence-corrected chi connectivity index (χ1v) is 7.68. The predicted octanol–water partition coefficient (Wildman–Crippen LogP) is 3.06. The number of ketones is 1. The number of carbonyl (C=O) groups is 1. The Bertz CT molecular complexity index is 782. The van der Waals surface area contributed by atoms with Crippen molar-refractivity contribution in [2.75, 3.05) is 5.32 Å². The molecule has 0 saturated heterocycles. The monoisotopic (exact) mass is 314 g/mol. The molecule has 2 aromatic rings. The topological polar surface area (TPSA) is 59.8 Å². The maximum absolute atomic E-state index is 12.7. The van der Waals surface area contributed by atoms with Gasteiger partial charge in [0.1, 0.15) is 12.1 Å². The number of hydrogen-bond donors (Lipinski definition) is 1. The van der Waals surface area contributed by atoms with Crippen LogP contribution in [0, 0.1) is 11.8 Å². The highest BCUT2D eigenvalue weighted by Gasteiger charge is 2.42. The van der Waals surface area contributed by atoms with Gasteiger partial charge in [-0.15, -0.1) is 0 Å². The number of Topliss-reactive ketones (excluding diaryl/α,β-unsaturated/α-hetero) is 1. The average Bonchev–Trinajstić information content (AvgIpc) is 2.93. The van der Waals surface area contributed by atoms with E-state index in [0.717, 1.165) is 11.3 Å². The minimum atomic E-state index is -0.287. The van der Waals surface area contributed by atoms with Gasteiger partial charge in [0.15, 0.2) is 0 Å². The Balaban J connectivity index is 1.93. The molecule has 6 heteroatoms. The number of hydrogen-bond acceptors (Lipinski definition) is 4. The first kappa shape index (κ1) is 13.5. The van der Waals surface area contributed by atoms with Crippen LogP contribution in [0.4, 0.5) is 5.95 Å². The molecule has 1 aromatic carbocycles. The van der Waals surface area contributed by atoms with Crippen LogP contribution >= 0.6 is 11.6 Å². The summed E-state index contributed by atoms with van der Waals surface area (Å²) < 4.78 is 1.76. The Morgan fingerprint density at radius 1 is 1.36 bits per heavy atom. The third-order valence-corrected chi connectivity index (χ3v) is 4.65. The van der Waals surface area contributed by atoms with E-state index in [4.69, 9.17) is 11.6 Å². The zero-order chi connectivity index (χ0) is 15.3.